The first-order valence-corrected chi connectivity index (χ1v) is 7.89. The number of hydrogen-bond donors (Lipinski definition) is 3. The van der Waals surface area contributed by atoms with Gasteiger partial charge in [0.15, 0.2) is 0 Å². The fourth-order valence-electron chi connectivity index (χ4n) is 3.25. The van der Waals surface area contributed by atoms with Crippen LogP contribution >= 0.6 is 11.6 Å². The molecule has 2 aliphatic rings. The van der Waals surface area contributed by atoms with Crippen molar-refractivity contribution in [3.05, 3.63) is 23.2 Å². The Balaban J connectivity index is 1.99. The lowest BCUT2D eigenvalue weighted by atomic mass is 9.82. The highest BCUT2D eigenvalue weighted by Crippen LogP contribution is 2.37. The lowest BCUT2D eigenvalue weighted by Gasteiger charge is -2.45. The van der Waals surface area contributed by atoms with E-state index in [4.69, 9.17) is 11.6 Å². The molecule has 0 bridgehead atoms. The molecule has 22 heavy (non-hydrogen) atoms. The third kappa shape index (κ3) is 3.08. The molecule has 1 aromatic heterocycles. The summed E-state index contributed by atoms with van der Waals surface area (Å²) >= 11 is 5.99. The smallest absolute Gasteiger partial charge is 0.237 e. The van der Waals surface area contributed by atoms with E-state index in [2.05, 4.69) is 20.6 Å². The van der Waals surface area contributed by atoms with Gasteiger partial charge < -0.3 is 20.6 Å². The van der Waals surface area contributed by atoms with E-state index in [1.54, 1.807) is 11.0 Å². The normalized spacial score (nSPS) is 23.4. The van der Waals surface area contributed by atoms with Crippen LogP contribution in [0.15, 0.2) is 12.4 Å². The van der Waals surface area contributed by atoms with Gasteiger partial charge in [-0.15, -0.1) is 0 Å². The zero-order chi connectivity index (χ0) is 15.6. The average molecular weight is 326 g/mol. The summed E-state index contributed by atoms with van der Waals surface area (Å²) in [6.45, 7) is 2.96. The van der Waals surface area contributed by atoms with E-state index < -0.39 is 11.6 Å². The van der Waals surface area contributed by atoms with Crippen LogP contribution in [-0.4, -0.2) is 64.2 Å². The molecule has 0 radical (unpaired) electrons. The molecule has 3 N–H and O–H groups in total. The topological polar surface area (TPSA) is 90.4 Å². The van der Waals surface area contributed by atoms with E-state index in [0.29, 0.717) is 49.9 Å². The molecule has 0 saturated carbocycles. The first-order valence-electron chi connectivity index (χ1n) is 7.51. The Bertz CT molecular complexity index is 550. The second-order valence-electron chi connectivity index (χ2n) is 5.79. The SMILES string of the molecule is O=C1CNCCN1C(c1cc(Cl)ncn1)C1(O)CCNCC1. The Morgan fingerprint density at radius 1 is 1.27 bits per heavy atom. The van der Waals surface area contributed by atoms with Crippen LogP contribution in [0.2, 0.25) is 5.15 Å². The number of aliphatic hydroxyl groups is 1. The minimum atomic E-state index is -1.00. The molecule has 0 aliphatic carbocycles. The first kappa shape index (κ1) is 15.6. The molecule has 0 aromatic carbocycles. The highest BCUT2D eigenvalue weighted by Gasteiger charge is 2.45. The average Bonchev–Trinajstić information content (AvgIpc) is 2.50. The lowest BCUT2D eigenvalue weighted by Crippen LogP contribution is -2.58. The number of nitrogens with zero attached hydrogens (tertiary/aromatic N) is 3. The predicted octanol–water partition coefficient (Wildman–Crippen LogP) is -0.283. The standard InChI is InChI=1S/C14H20ClN5O2/c15-11-7-10(18-9-19-11)13(14(22)1-3-16-4-2-14)20-6-5-17-8-12(20)21/h7,9,13,16-17,22H,1-6,8H2. The zero-order valence-corrected chi connectivity index (χ0v) is 13.0. The van der Waals surface area contributed by atoms with E-state index >= 15 is 0 Å². The van der Waals surface area contributed by atoms with Crippen LogP contribution < -0.4 is 10.6 Å². The van der Waals surface area contributed by atoms with Gasteiger partial charge in [-0.2, -0.15) is 0 Å². The molecule has 3 heterocycles. The number of piperazine rings is 1. The van der Waals surface area contributed by atoms with Gasteiger partial charge in [-0.3, -0.25) is 4.79 Å². The molecule has 8 heteroatoms. The van der Waals surface area contributed by atoms with Crippen molar-refractivity contribution in [3.8, 4) is 0 Å². The Hall–Kier alpha value is -1.28. The van der Waals surface area contributed by atoms with Crippen LogP contribution in [0, 0.1) is 0 Å². The third-order valence-electron chi connectivity index (χ3n) is 4.35. The molecule has 120 valence electrons. The molecule has 1 atom stereocenters. The number of hydrogen-bond acceptors (Lipinski definition) is 6. The highest BCUT2D eigenvalue weighted by atomic mass is 35.5. The van der Waals surface area contributed by atoms with Crippen LogP contribution in [-0.2, 0) is 4.79 Å². The Morgan fingerprint density at radius 3 is 2.73 bits per heavy atom. The molecular weight excluding hydrogens is 306 g/mol. The summed E-state index contributed by atoms with van der Waals surface area (Å²) in [4.78, 5) is 22.2. The highest BCUT2D eigenvalue weighted by molar-refractivity contribution is 6.29. The van der Waals surface area contributed by atoms with E-state index in [0.717, 1.165) is 0 Å². The van der Waals surface area contributed by atoms with Crippen molar-refractivity contribution in [2.24, 2.45) is 0 Å². The van der Waals surface area contributed by atoms with Gasteiger partial charge in [0.1, 0.15) is 17.5 Å². The Kier molecular flexibility index (Phi) is 4.58. The predicted molar refractivity (Wildman–Crippen MR) is 81.4 cm³/mol. The Morgan fingerprint density at radius 2 is 2.05 bits per heavy atom. The number of carbonyl (C=O) groups is 1. The number of piperidine rings is 1. The van der Waals surface area contributed by atoms with Crippen molar-refractivity contribution in [1.29, 1.82) is 0 Å². The van der Waals surface area contributed by atoms with Gasteiger partial charge in [-0.1, -0.05) is 11.6 Å². The minimum Gasteiger partial charge on any atom is -0.387 e. The van der Waals surface area contributed by atoms with Gasteiger partial charge >= 0.3 is 0 Å². The molecule has 2 aliphatic heterocycles. The van der Waals surface area contributed by atoms with E-state index in [1.165, 1.54) is 6.33 Å². The van der Waals surface area contributed by atoms with Crippen molar-refractivity contribution in [1.82, 2.24) is 25.5 Å². The van der Waals surface area contributed by atoms with Gasteiger partial charge in [-0.25, -0.2) is 9.97 Å². The molecular formula is C14H20ClN5O2. The van der Waals surface area contributed by atoms with Gasteiger partial charge in [0.25, 0.3) is 0 Å². The number of carbonyl (C=O) groups excluding carboxylic acids is 1. The maximum Gasteiger partial charge on any atom is 0.237 e. The summed E-state index contributed by atoms with van der Waals surface area (Å²) in [6, 6.07) is 1.14. The molecule has 0 spiro atoms. The van der Waals surface area contributed by atoms with Crippen molar-refractivity contribution in [2.75, 3.05) is 32.7 Å². The summed E-state index contributed by atoms with van der Waals surface area (Å²) in [6.07, 6.45) is 2.51. The third-order valence-corrected chi connectivity index (χ3v) is 4.56. The first-order chi connectivity index (χ1) is 10.6. The molecule has 7 nitrogen and oxygen atoms in total. The number of aromatic nitrogens is 2. The van der Waals surface area contributed by atoms with Crippen LogP contribution in [0.4, 0.5) is 0 Å². The summed E-state index contributed by atoms with van der Waals surface area (Å²) < 4.78 is 0. The number of amides is 1. The van der Waals surface area contributed by atoms with Crippen LogP contribution in [0.1, 0.15) is 24.6 Å². The second-order valence-corrected chi connectivity index (χ2v) is 6.17. The monoisotopic (exact) mass is 325 g/mol. The van der Waals surface area contributed by atoms with Crippen molar-refractivity contribution in [3.63, 3.8) is 0 Å². The minimum absolute atomic E-state index is 0.0297. The van der Waals surface area contributed by atoms with Crippen LogP contribution in [0.5, 0.6) is 0 Å². The van der Waals surface area contributed by atoms with Crippen molar-refractivity contribution >= 4 is 17.5 Å². The number of nitrogens with one attached hydrogen (secondary N) is 2. The maximum atomic E-state index is 12.3. The zero-order valence-electron chi connectivity index (χ0n) is 12.3. The van der Waals surface area contributed by atoms with Crippen LogP contribution in [0.3, 0.4) is 0 Å². The molecule has 2 fully saturated rings. The fraction of sp³-hybridized carbons (Fsp3) is 0.643. The van der Waals surface area contributed by atoms with Crippen molar-refractivity contribution < 1.29 is 9.90 Å². The quantitative estimate of drug-likeness (QED) is 0.662. The summed E-state index contributed by atoms with van der Waals surface area (Å²) in [5, 5.41) is 17.8. The molecule has 1 aromatic rings. The summed E-state index contributed by atoms with van der Waals surface area (Å²) in [5.41, 5.74) is -0.407. The van der Waals surface area contributed by atoms with Crippen LogP contribution in [0.25, 0.3) is 0 Å². The summed E-state index contributed by atoms with van der Waals surface area (Å²) in [5.74, 6) is -0.0297. The Labute approximate surface area is 134 Å². The maximum absolute atomic E-state index is 12.3. The summed E-state index contributed by atoms with van der Waals surface area (Å²) in [7, 11) is 0. The second kappa shape index (κ2) is 6.45. The molecule has 2 saturated heterocycles. The molecule has 3 rings (SSSR count). The molecule has 1 amide bonds. The lowest BCUT2D eigenvalue weighted by molar-refractivity contribution is -0.145. The molecule has 1 unspecified atom stereocenters. The van der Waals surface area contributed by atoms with E-state index in [9.17, 15) is 9.90 Å². The fourth-order valence-corrected chi connectivity index (χ4v) is 3.40. The van der Waals surface area contributed by atoms with E-state index in [1.807, 2.05) is 0 Å². The van der Waals surface area contributed by atoms with Gasteiger partial charge in [-0.05, 0) is 32.0 Å². The number of rotatable bonds is 3. The van der Waals surface area contributed by atoms with Gasteiger partial charge in [0.2, 0.25) is 5.91 Å². The largest absolute Gasteiger partial charge is 0.387 e. The van der Waals surface area contributed by atoms with Gasteiger partial charge in [0, 0.05) is 13.1 Å². The van der Waals surface area contributed by atoms with Gasteiger partial charge in [0.05, 0.1) is 17.8 Å². The van der Waals surface area contributed by atoms with Crippen molar-refractivity contribution in [2.45, 2.75) is 24.5 Å². The van der Waals surface area contributed by atoms with E-state index in [-0.39, 0.29) is 12.5 Å². The number of halogens is 1.